The number of anilines is 1. The first-order valence-corrected chi connectivity index (χ1v) is 10.8. The highest BCUT2D eigenvalue weighted by Crippen LogP contribution is 2.37. The molecule has 0 bridgehead atoms. The Morgan fingerprint density at radius 2 is 2.15 bits per heavy atom. The number of halogens is 4. The molecule has 1 aliphatic rings. The van der Waals surface area contributed by atoms with E-state index in [2.05, 4.69) is 15.7 Å². The number of carbonyl (C=O) groups is 1. The third kappa shape index (κ3) is 5.52. The van der Waals surface area contributed by atoms with Gasteiger partial charge in [0.25, 0.3) is 5.91 Å². The Labute approximate surface area is 198 Å². The summed E-state index contributed by atoms with van der Waals surface area (Å²) in [4.78, 5) is 12.7. The van der Waals surface area contributed by atoms with E-state index in [0.717, 1.165) is 18.7 Å². The molecule has 1 atom stereocenters. The fourth-order valence-electron chi connectivity index (χ4n) is 3.59. The van der Waals surface area contributed by atoms with Crippen LogP contribution in [0.3, 0.4) is 0 Å². The molecule has 0 saturated carbocycles. The van der Waals surface area contributed by atoms with Crippen LogP contribution in [0.5, 0.6) is 5.75 Å². The van der Waals surface area contributed by atoms with E-state index in [9.17, 15) is 18.0 Å². The van der Waals surface area contributed by atoms with Gasteiger partial charge in [0.1, 0.15) is 12.4 Å². The minimum Gasteiger partial charge on any atom is -0.491 e. The fraction of sp³-hybridized carbons (Fsp3) is 0.304. The minimum atomic E-state index is -4.54. The van der Waals surface area contributed by atoms with E-state index in [-0.39, 0.29) is 11.6 Å². The number of nitrogens with zero attached hydrogens (tertiary/aromatic N) is 2. The second-order valence-electron chi connectivity index (χ2n) is 7.75. The van der Waals surface area contributed by atoms with Crippen LogP contribution in [-0.2, 0) is 18.0 Å². The number of aryl methyl sites for hydroxylation is 1. The van der Waals surface area contributed by atoms with Crippen molar-refractivity contribution in [3.8, 4) is 17.0 Å². The first-order chi connectivity index (χ1) is 16.2. The molecule has 1 aromatic heterocycles. The molecule has 7 nitrogen and oxygen atoms in total. The maximum atomic E-state index is 13.0. The molecule has 0 spiro atoms. The molecule has 2 aromatic carbocycles. The molecule has 11 heteroatoms. The van der Waals surface area contributed by atoms with E-state index in [0.29, 0.717) is 47.5 Å². The standard InChI is InChI=1S/C23H22ClF3N4O3/c1-31-21(19(24)11-29-31)18-10-16(5-6-20(18)34-13-17-12-33-8-7-28-17)30-22(32)14-3-2-4-15(9-14)23(25,26)27/h2-6,9-11,17,28H,7-8,12-13H2,1H3,(H,30,32). The van der Waals surface area contributed by atoms with E-state index < -0.39 is 17.6 Å². The van der Waals surface area contributed by atoms with Crippen molar-refractivity contribution < 1.29 is 27.4 Å². The van der Waals surface area contributed by atoms with E-state index in [4.69, 9.17) is 21.1 Å². The summed E-state index contributed by atoms with van der Waals surface area (Å²) >= 11 is 6.35. The summed E-state index contributed by atoms with van der Waals surface area (Å²) in [6, 6.07) is 9.18. The molecule has 2 heterocycles. The van der Waals surface area contributed by atoms with Crippen molar-refractivity contribution in [3.63, 3.8) is 0 Å². The number of ether oxygens (including phenoxy) is 2. The number of hydrogen-bond donors (Lipinski definition) is 2. The summed E-state index contributed by atoms with van der Waals surface area (Å²) in [7, 11) is 1.72. The van der Waals surface area contributed by atoms with Crippen LogP contribution in [0.25, 0.3) is 11.3 Å². The molecular weight excluding hydrogens is 473 g/mol. The predicted octanol–water partition coefficient (Wildman–Crippen LogP) is 4.38. The van der Waals surface area contributed by atoms with Gasteiger partial charge in [-0.1, -0.05) is 17.7 Å². The number of alkyl halides is 3. The number of hydrogen-bond acceptors (Lipinski definition) is 5. The lowest BCUT2D eigenvalue weighted by molar-refractivity contribution is -0.137. The van der Waals surface area contributed by atoms with Crippen LogP contribution in [0.4, 0.5) is 18.9 Å². The van der Waals surface area contributed by atoms with Crippen molar-refractivity contribution in [1.29, 1.82) is 0 Å². The van der Waals surface area contributed by atoms with Gasteiger partial charge in [0.05, 0.1) is 41.7 Å². The van der Waals surface area contributed by atoms with Crippen LogP contribution in [-0.4, -0.2) is 48.1 Å². The zero-order valence-corrected chi connectivity index (χ0v) is 18.9. The molecule has 1 unspecified atom stereocenters. The molecule has 4 rings (SSSR count). The molecule has 3 aromatic rings. The molecule has 0 aliphatic carbocycles. The average Bonchev–Trinajstić information content (AvgIpc) is 3.16. The van der Waals surface area contributed by atoms with Gasteiger partial charge >= 0.3 is 6.18 Å². The number of nitrogens with one attached hydrogen (secondary N) is 2. The van der Waals surface area contributed by atoms with E-state index >= 15 is 0 Å². The molecule has 180 valence electrons. The quantitative estimate of drug-likeness (QED) is 0.532. The summed E-state index contributed by atoms with van der Waals surface area (Å²) in [5.41, 5.74) is 0.495. The number of aromatic nitrogens is 2. The smallest absolute Gasteiger partial charge is 0.416 e. The maximum absolute atomic E-state index is 13.0. The largest absolute Gasteiger partial charge is 0.491 e. The molecule has 1 amide bonds. The second kappa shape index (κ2) is 10.0. The van der Waals surface area contributed by atoms with Crippen molar-refractivity contribution in [1.82, 2.24) is 15.1 Å². The van der Waals surface area contributed by atoms with Gasteiger partial charge in [0, 0.05) is 30.4 Å². The molecule has 34 heavy (non-hydrogen) atoms. The van der Waals surface area contributed by atoms with Crippen LogP contribution in [0.2, 0.25) is 5.02 Å². The van der Waals surface area contributed by atoms with Crippen LogP contribution >= 0.6 is 11.6 Å². The number of carbonyl (C=O) groups excluding carboxylic acids is 1. The predicted molar refractivity (Wildman–Crippen MR) is 121 cm³/mol. The van der Waals surface area contributed by atoms with Crippen LogP contribution in [0, 0.1) is 0 Å². The normalized spacial score (nSPS) is 16.3. The number of benzene rings is 2. The Hall–Kier alpha value is -3.08. The fourth-order valence-corrected chi connectivity index (χ4v) is 3.86. The van der Waals surface area contributed by atoms with Gasteiger partial charge in [0.15, 0.2) is 0 Å². The monoisotopic (exact) mass is 494 g/mol. The SMILES string of the molecule is Cn1ncc(Cl)c1-c1cc(NC(=O)c2cccc(C(F)(F)F)c2)ccc1OCC1COCCN1. The first kappa shape index (κ1) is 24.1. The van der Waals surface area contributed by atoms with Gasteiger partial charge in [-0.2, -0.15) is 18.3 Å². The Morgan fingerprint density at radius 1 is 1.32 bits per heavy atom. The van der Waals surface area contributed by atoms with Gasteiger partial charge in [0.2, 0.25) is 0 Å². The van der Waals surface area contributed by atoms with Gasteiger partial charge in [-0.15, -0.1) is 0 Å². The Morgan fingerprint density at radius 3 is 2.82 bits per heavy atom. The van der Waals surface area contributed by atoms with Crippen LogP contribution in [0.1, 0.15) is 15.9 Å². The van der Waals surface area contributed by atoms with Crippen LogP contribution < -0.4 is 15.4 Å². The highest BCUT2D eigenvalue weighted by Gasteiger charge is 2.31. The van der Waals surface area contributed by atoms with Gasteiger partial charge in [-0.05, 0) is 36.4 Å². The minimum absolute atomic E-state index is 0.0175. The van der Waals surface area contributed by atoms with E-state index in [1.165, 1.54) is 18.3 Å². The highest BCUT2D eigenvalue weighted by molar-refractivity contribution is 6.33. The van der Waals surface area contributed by atoms with Crippen molar-refractivity contribution in [2.45, 2.75) is 12.2 Å². The average molecular weight is 495 g/mol. The lowest BCUT2D eigenvalue weighted by atomic mass is 10.1. The molecular formula is C23H22ClF3N4O3. The molecule has 2 N–H and O–H groups in total. The summed E-state index contributed by atoms with van der Waals surface area (Å²) in [5, 5.41) is 10.5. The highest BCUT2D eigenvalue weighted by atomic mass is 35.5. The van der Waals surface area contributed by atoms with Gasteiger partial charge in [-0.25, -0.2) is 0 Å². The topological polar surface area (TPSA) is 77.4 Å². The molecule has 1 saturated heterocycles. The summed E-state index contributed by atoms with van der Waals surface area (Å²) in [6.45, 7) is 2.24. The maximum Gasteiger partial charge on any atom is 0.416 e. The van der Waals surface area contributed by atoms with Crippen LogP contribution in [0.15, 0.2) is 48.7 Å². The number of amides is 1. The number of rotatable bonds is 6. The van der Waals surface area contributed by atoms with Gasteiger partial charge < -0.3 is 20.1 Å². The summed E-state index contributed by atoms with van der Waals surface area (Å²) in [5.74, 6) is -0.166. The Bertz CT molecular complexity index is 1160. The van der Waals surface area contributed by atoms with Crippen molar-refractivity contribution in [2.75, 3.05) is 31.7 Å². The van der Waals surface area contributed by atoms with Crippen molar-refractivity contribution in [2.24, 2.45) is 7.05 Å². The first-order valence-electron chi connectivity index (χ1n) is 10.5. The lowest BCUT2D eigenvalue weighted by Crippen LogP contribution is -2.44. The Kier molecular flexibility index (Phi) is 7.11. The van der Waals surface area contributed by atoms with Crippen molar-refractivity contribution in [3.05, 3.63) is 64.8 Å². The van der Waals surface area contributed by atoms with Crippen molar-refractivity contribution >= 4 is 23.2 Å². The third-order valence-electron chi connectivity index (χ3n) is 5.28. The van der Waals surface area contributed by atoms with E-state index in [1.807, 2.05) is 0 Å². The Balaban J connectivity index is 1.60. The summed E-state index contributed by atoms with van der Waals surface area (Å²) in [6.07, 6.45) is -3.05. The summed E-state index contributed by atoms with van der Waals surface area (Å²) < 4.78 is 52.1. The molecule has 0 radical (unpaired) electrons. The molecule has 1 fully saturated rings. The second-order valence-corrected chi connectivity index (χ2v) is 8.15. The molecule has 1 aliphatic heterocycles. The van der Waals surface area contributed by atoms with E-state index in [1.54, 1.807) is 29.9 Å². The lowest BCUT2D eigenvalue weighted by Gasteiger charge is -2.24. The zero-order chi connectivity index (χ0) is 24.3. The number of morpholine rings is 1. The zero-order valence-electron chi connectivity index (χ0n) is 18.2. The van der Waals surface area contributed by atoms with Gasteiger partial charge in [-0.3, -0.25) is 9.48 Å². The third-order valence-corrected chi connectivity index (χ3v) is 5.55.